The third-order valence-corrected chi connectivity index (χ3v) is 3.16. The topological polar surface area (TPSA) is 26.0 Å². The standard InChI is InChI=1S/C11H11ClF3N/c12-9-4-3-7(11(13,14)15)5-8(9)10(16)6-1-2-6/h3-6,10H,1-2,16H2/t10-/m0/s1. The van der Waals surface area contributed by atoms with Crippen LogP contribution in [-0.2, 0) is 6.18 Å². The molecule has 0 spiro atoms. The Morgan fingerprint density at radius 2 is 1.94 bits per heavy atom. The first-order chi connectivity index (χ1) is 7.39. The summed E-state index contributed by atoms with van der Waals surface area (Å²) in [5.74, 6) is 0.279. The quantitative estimate of drug-likeness (QED) is 0.848. The van der Waals surface area contributed by atoms with Gasteiger partial charge in [-0.2, -0.15) is 13.2 Å². The molecule has 1 aromatic rings. The first-order valence-corrected chi connectivity index (χ1v) is 5.39. The van der Waals surface area contributed by atoms with E-state index < -0.39 is 11.7 Å². The fourth-order valence-electron chi connectivity index (χ4n) is 1.68. The third-order valence-electron chi connectivity index (χ3n) is 2.81. The Bertz CT molecular complexity index is 399. The summed E-state index contributed by atoms with van der Waals surface area (Å²) in [4.78, 5) is 0. The van der Waals surface area contributed by atoms with Crippen molar-refractivity contribution in [1.82, 2.24) is 0 Å². The molecule has 1 aliphatic rings. The summed E-state index contributed by atoms with van der Waals surface area (Å²) in [6, 6.07) is 2.92. The molecule has 0 saturated heterocycles. The zero-order valence-electron chi connectivity index (χ0n) is 8.39. The van der Waals surface area contributed by atoms with E-state index in [4.69, 9.17) is 17.3 Å². The molecular weight excluding hydrogens is 239 g/mol. The van der Waals surface area contributed by atoms with Gasteiger partial charge in [-0.1, -0.05) is 11.6 Å². The smallest absolute Gasteiger partial charge is 0.324 e. The number of nitrogens with two attached hydrogens (primary N) is 1. The van der Waals surface area contributed by atoms with E-state index in [1.807, 2.05) is 0 Å². The minimum atomic E-state index is -4.34. The minimum Gasteiger partial charge on any atom is -0.324 e. The van der Waals surface area contributed by atoms with Gasteiger partial charge in [0.1, 0.15) is 0 Å². The van der Waals surface area contributed by atoms with Crippen molar-refractivity contribution < 1.29 is 13.2 Å². The maximum atomic E-state index is 12.5. The Morgan fingerprint density at radius 1 is 1.31 bits per heavy atom. The number of rotatable bonds is 2. The molecule has 1 nitrogen and oxygen atoms in total. The van der Waals surface area contributed by atoms with Gasteiger partial charge in [0.25, 0.3) is 0 Å². The van der Waals surface area contributed by atoms with Crippen LogP contribution >= 0.6 is 11.6 Å². The Kier molecular flexibility index (Phi) is 2.88. The Balaban J connectivity index is 2.36. The lowest BCUT2D eigenvalue weighted by atomic mass is 10.0. The fraction of sp³-hybridized carbons (Fsp3) is 0.455. The van der Waals surface area contributed by atoms with Crippen molar-refractivity contribution in [1.29, 1.82) is 0 Å². The second kappa shape index (κ2) is 3.93. The number of alkyl halides is 3. The van der Waals surface area contributed by atoms with E-state index in [9.17, 15) is 13.2 Å². The molecule has 2 rings (SSSR count). The highest BCUT2D eigenvalue weighted by Crippen LogP contribution is 2.42. The van der Waals surface area contributed by atoms with Crippen LogP contribution in [0.25, 0.3) is 0 Å². The molecule has 1 aromatic carbocycles. The van der Waals surface area contributed by atoms with Crippen molar-refractivity contribution in [2.24, 2.45) is 11.7 Å². The van der Waals surface area contributed by atoms with Gasteiger partial charge in [-0.3, -0.25) is 0 Å². The molecular formula is C11H11ClF3N. The van der Waals surface area contributed by atoms with Gasteiger partial charge in [-0.05, 0) is 42.5 Å². The van der Waals surface area contributed by atoms with Crippen LogP contribution in [0.5, 0.6) is 0 Å². The van der Waals surface area contributed by atoms with E-state index >= 15 is 0 Å². The lowest BCUT2D eigenvalue weighted by molar-refractivity contribution is -0.137. The lowest BCUT2D eigenvalue weighted by Crippen LogP contribution is -2.15. The average Bonchev–Trinajstić information content (AvgIpc) is 2.98. The van der Waals surface area contributed by atoms with E-state index in [0.29, 0.717) is 10.6 Å². The largest absolute Gasteiger partial charge is 0.416 e. The average molecular weight is 250 g/mol. The molecule has 1 fully saturated rings. The van der Waals surface area contributed by atoms with Crippen molar-refractivity contribution in [2.45, 2.75) is 25.1 Å². The van der Waals surface area contributed by atoms with Crippen LogP contribution in [0.3, 0.4) is 0 Å². The van der Waals surface area contributed by atoms with E-state index in [0.717, 1.165) is 25.0 Å². The van der Waals surface area contributed by atoms with Crippen molar-refractivity contribution in [3.63, 3.8) is 0 Å². The second-order valence-electron chi connectivity index (χ2n) is 4.10. The van der Waals surface area contributed by atoms with E-state index in [1.54, 1.807) is 0 Å². The predicted octanol–water partition coefficient (Wildman–Crippen LogP) is 3.77. The van der Waals surface area contributed by atoms with Gasteiger partial charge in [-0.25, -0.2) is 0 Å². The highest BCUT2D eigenvalue weighted by Gasteiger charge is 2.34. The first-order valence-electron chi connectivity index (χ1n) is 5.02. The SMILES string of the molecule is N[C@H](c1cc(C(F)(F)F)ccc1Cl)C1CC1. The summed E-state index contributed by atoms with van der Waals surface area (Å²) in [5, 5.41) is 0.312. The molecule has 0 bridgehead atoms. The molecule has 16 heavy (non-hydrogen) atoms. The maximum Gasteiger partial charge on any atom is 0.416 e. The van der Waals surface area contributed by atoms with Crippen LogP contribution in [0.2, 0.25) is 5.02 Å². The molecule has 1 saturated carbocycles. The molecule has 0 aliphatic heterocycles. The first kappa shape index (κ1) is 11.7. The fourth-order valence-corrected chi connectivity index (χ4v) is 1.93. The van der Waals surface area contributed by atoms with Gasteiger partial charge >= 0.3 is 6.18 Å². The molecule has 0 radical (unpaired) electrons. The Labute approximate surface area is 96.4 Å². The molecule has 5 heteroatoms. The lowest BCUT2D eigenvalue weighted by Gasteiger charge is -2.15. The number of benzene rings is 1. The molecule has 0 aromatic heterocycles. The molecule has 1 aliphatic carbocycles. The third kappa shape index (κ3) is 2.33. The van der Waals surface area contributed by atoms with E-state index in [1.165, 1.54) is 6.07 Å². The number of hydrogen-bond acceptors (Lipinski definition) is 1. The zero-order valence-corrected chi connectivity index (χ0v) is 9.15. The highest BCUT2D eigenvalue weighted by atomic mass is 35.5. The van der Waals surface area contributed by atoms with Gasteiger partial charge in [0.2, 0.25) is 0 Å². The highest BCUT2D eigenvalue weighted by molar-refractivity contribution is 6.31. The summed E-state index contributed by atoms with van der Waals surface area (Å²) in [6.07, 6.45) is -2.41. The summed E-state index contributed by atoms with van der Waals surface area (Å²) in [5.41, 5.74) is 5.57. The van der Waals surface area contributed by atoms with Crippen LogP contribution in [0.15, 0.2) is 18.2 Å². The van der Waals surface area contributed by atoms with Crippen LogP contribution in [0, 0.1) is 5.92 Å². The van der Waals surface area contributed by atoms with Crippen molar-refractivity contribution >= 4 is 11.6 Å². The molecule has 0 unspecified atom stereocenters. The molecule has 1 atom stereocenters. The molecule has 88 valence electrons. The summed E-state index contributed by atoms with van der Waals surface area (Å²) >= 11 is 5.87. The van der Waals surface area contributed by atoms with Crippen molar-refractivity contribution in [2.75, 3.05) is 0 Å². The molecule has 0 heterocycles. The van der Waals surface area contributed by atoms with Crippen LogP contribution in [0.1, 0.15) is 30.0 Å². The number of halogens is 4. The molecule has 0 amide bonds. The van der Waals surface area contributed by atoms with Crippen molar-refractivity contribution in [3.05, 3.63) is 34.3 Å². The maximum absolute atomic E-state index is 12.5. The normalized spacial score (nSPS) is 18.6. The van der Waals surface area contributed by atoms with E-state index in [-0.39, 0.29) is 12.0 Å². The Morgan fingerprint density at radius 3 is 2.44 bits per heavy atom. The van der Waals surface area contributed by atoms with Gasteiger partial charge in [-0.15, -0.1) is 0 Å². The monoisotopic (exact) mass is 249 g/mol. The van der Waals surface area contributed by atoms with Crippen LogP contribution < -0.4 is 5.73 Å². The van der Waals surface area contributed by atoms with Gasteiger partial charge in [0.15, 0.2) is 0 Å². The van der Waals surface area contributed by atoms with Gasteiger partial charge in [0.05, 0.1) is 5.56 Å². The summed E-state index contributed by atoms with van der Waals surface area (Å²) in [6.45, 7) is 0. The zero-order chi connectivity index (χ0) is 11.9. The van der Waals surface area contributed by atoms with Gasteiger partial charge in [0, 0.05) is 11.1 Å². The predicted molar refractivity (Wildman–Crippen MR) is 56.1 cm³/mol. The summed E-state index contributed by atoms with van der Waals surface area (Å²) in [7, 11) is 0. The van der Waals surface area contributed by atoms with Crippen molar-refractivity contribution in [3.8, 4) is 0 Å². The summed E-state index contributed by atoms with van der Waals surface area (Å²) < 4.78 is 37.5. The molecule has 2 N–H and O–H groups in total. The van der Waals surface area contributed by atoms with Crippen LogP contribution in [0.4, 0.5) is 13.2 Å². The van der Waals surface area contributed by atoms with Gasteiger partial charge < -0.3 is 5.73 Å². The Hall–Kier alpha value is -0.740. The minimum absolute atomic E-state index is 0.279. The number of hydrogen-bond donors (Lipinski definition) is 1. The van der Waals surface area contributed by atoms with Crippen LogP contribution in [-0.4, -0.2) is 0 Å². The van der Waals surface area contributed by atoms with E-state index in [2.05, 4.69) is 0 Å². The second-order valence-corrected chi connectivity index (χ2v) is 4.50.